The molecular weight excluding hydrogens is 278 g/mol. The molecule has 106 valence electrons. The van der Waals surface area contributed by atoms with Crippen LogP contribution in [0.15, 0.2) is 12.1 Å². The van der Waals surface area contributed by atoms with Crippen molar-refractivity contribution in [2.24, 2.45) is 0 Å². The molecule has 7 heteroatoms. The second-order valence-electron chi connectivity index (χ2n) is 4.86. The molecule has 3 rings (SSSR count). The molecule has 1 N–H and O–H groups in total. The standard InChI is InChI=1S/C13H15N3O3S/c1-8-15-10-5-12(19-9-3-2-4-14-7-9)11(16(17)18)6-13(10)20-8/h5-6,9,14H,2-4,7H2,1H3/t9-/m0/s1. The lowest BCUT2D eigenvalue weighted by molar-refractivity contribution is -0.385. The highest BCUT2D eigenvalue weighted by Crippen LogP contribution is 2.35. The number of nitrogens with one attached hydrogen (secondary N) is 1. The number of nitrogens with zero attached hydrogens (tertiary/aromatic N) is 2. The zero-order valence-corrected chi connectivity index (χ0v) is 11.9. The van der Waals surface area contributed by atoms with E-state index in [-0.39, 0.29) is 16.7 Å². The quantitative estimate of drug-likeness (QED) is 0.695. The molecule has 2 aromatic rings. The van der Waals surface area contributed by atoms with Gasteiger partial charge in [0.15, 0.2) is 5.75 Å². The summed E-state index contributed by atoms with van der Waals surface area (Å²) in [7, 11) is 0. The summed E-state index contributed by atoms with van der Waals surface area (Å²) in [6.45, 7) is 3.60. The van der Waals surface area contributed by atoms with E-state index in [0.29, 0.717) is 5.75 Å². The Balaban J connectivity index is 1.97. The monoisotopic (exact) mass is 293 g/mol. The van der Waals surface area contributed by atoms with Crippen LogP contribution in [0.4, 0.5) is 5.69 Å². The minimum atomic E-state index is -0.389. The zero-order chi connectivity index (χ0) is 14.1. The number of benzene rings is 1. The maximum Gasteiger partial charge on any atom is 0.312 e. The fraction of sp³-hybridized carbons (Fsp3) is 0.462. The smallest absolute Gasteiger partial charge is 0.312 e. The third-order valence-electron chi connectivity index (χ3n) is 3.32. The topological polar surface area (TPSA) is 77.3 Å². The first-order valence-electron chi connectivity index (χ1n) is 6.56. The summed E-state index contributed by atoms with van der Waals surface area (Å²) in [6, 6.07) is 3.25. The molecule has 1 fully saturated rings. The molecule has 1 saturated heterocycles. The van der Waals surface area contributed by atoms with Gasteiger partial charge in [-0.2, -0.15) is 0 Å². The normalized spacial score (nSPS) is 19.1. The molecule has 6 nitrogen and oxygen atoms in total. The Morgan fingerprint density at radius 3 is 3.10 bits per heavy atom. The van der Waals surface area contributed by atoms with Crippen molar-refractivity contribution in [3.05, 3.63) is 27.3 Å². The number of thiazole rings is 1. The summed E-state index contributed by atoms with van der Waals surface area (Å²) in [5.41, 5.74) is 0.781. The van der Waals surface area contributed by atoms with Crippen LogP contribution in [-0.2, 0) is 0 Å². The van der Waals surface area contributed by atoms with Crippen LogP contribution in [0.25, 0.3) is 10.2 Å². The van der Waals surface area contributed by atoms with E-state index >= 15 is 0 Å². The van der Waals surface area contributed by atoms with E-state index in [0.717, 1.165) is 41.2 Å². The second-order valence-corrected chi connectivity index (χ2v) is 6.10. The highest BCUT2D eigenvalue weighted by Gasteiger charge is 2.22. The van der Waals surface area contributed by atoms with Gasteiger partial charge in [-0.1, -0.05) is 0 Å². The summed E-state index contributed by atoms with van der Waals surface area (Å²) in [6.07, 6.45) is 1.93. The zero-order valence-electron chi connectivity index (χ0n) is 11.1. The van der Waals surface area contributed by atoms with Crippen molar-refractivity contribution in [1.29, 1.82) is 0 Å². The van der Waals surface area contributed by atoms with Crippen molar-refractivity contribution in [3.8, 4) is 5.75 Å². The number of nitro benzene ring substituents is 1. The first-order chi connectivity index (χ1) is 9.63. The van der Waals surface area contributed by atoms with Crippen molar-refractivity contribution in [3.63, 3.8) is 0 Å². The number of fused-ring (bicyclic) bond motifs is 1. The minimum Gasteiger partial charge on any atom is -0.482 e. The number of hydrogen-bond acceptors (Lipinski definition) is 6. The van der Waals surface area contributed by atoms with E-state index in [1.165, 1.54) is 11.3 Å². The van der Waals surface area contributed by atoms with Gasteiger partial charge in [-0.05, 0) is 26.3 Å². The van der Waals surface area contributed by atoms with Gasteiger partial charge in [-0.15, -0.1) is 11.3 Å². The molecule has 0 bridgehead atoms. The Morgan fingerprint density at radius 1 is 1.55 bits per heavy atom. The molecule has 1 aliphatic rings. The molecular formula is C13H15N3O3S. The van der Waals surface area contributed by atoms with Crippen LogP contribution in [-0.4, -0.2) is 29.1 Å². The molecule has 0 saturated carbocycles. The molecule has 0 amide bonds. The first kappa shape index (κ1) is 13.3. The van der Waals surface area contributed by atoms with E-state index in [4.69, 9.17) is 4.74 Å². The van der Waals surface area contributed by atoms with Gasteiger partial charge in [0.1, 0.15) is 6.10 Å². The summed E-state index contributed by atoms with van der Waals surface area (Å²) in [5.74, 6) is 0.321. The van der Waals surface area contributed by atoms with Crippen LogP contribution in [0.1, 0.15) is 17.8 Å². The van der Waals surface area contributed by atoms with E-state index < -0.39 is 0 Å². The fourth-order valence-electron chi connectivity index (χ4n) is 2.40. The number of ether oxygens (including phenoxy) is 1. The molecule has 20 heavy (non-hydrogen) atoms. The molecule has 2 heterocycles. The molecule has 0 spiro atoms. The lowest BCUT2D eigenvalue weighted by atomic mass is 10.1. The summed E-state index contributed by atoms with van der Waals surface area (Å²) >= 11 is 1.46. The average molecular weight is 293 g/mol. The van der Waals surface area contributed by atoms with Gasteiger partial charge in [0, 0.05) is 18.7 Å². The average Bonchev–Trinajstić information content (AvgIpc) is 2.78. The Bertz CT molecular complexity index is 650. The number of rotatable bonds is 3. The number of piperidine rings is 1. The van der Waals surface area contributed by atoms with Gasteiger partial charge in [0.25, 0.3) is 0 Å². The largest absolute Gasteiger partial charge is 0.482 e. The van der Waals surface area contributed by atoms with Crippen LogP contribution in [0.2, 0.25) is 0 Å². The van der Waals surface area contributed by atoms with Crippen molar-refractivity contribution in [2.45, 2.75) is 25.9 Å². The predicted octanol–water partition coefficient (Wildman–Crippen LogP) is 2.64. The lowest BCUT2D eigenvalue weighted by Gasteiger charge is -2.23. The Morgan fingerprint density at radius 2 is 2.40 bits per heavy atom. The van der Waals surface area contributed by atoms with E-state index in [1.54, 1.807) is 12.1 Å². The highest BCUT2D eigenvalue weighted by atomic mass is 32.1. The van der Waals surface area contributed by atoms with Crippen LogP contribution in [0.3, 0.4) is 0 Å². The van der Waals surface area contributed by atoms with Gasteiger partial charge in [0.2, 0.25) is 0 Å². The first-order valence-corrected chi connectivity index (χ1v) is 7.38. The van der Waals surface area contributed by atoms with Gasteiger partial charge in [-0.25, -0.2) is 4.98 Å². The second kappa shape index (κ2) is 5.34. The molecule has 1 atom stereocenters. The molecule has 1 aromatic heterocycles. The summed E-state index contributed by atoms with van der Waals surface area (Å²) in [4.78, 5) is 15.2. The third kappa shape index (κ3) is 2.59. The van der Waals surface area contributed by atoms with Crippen LogP contribution in [0, 0.1) is 17.0 Å². The Labute approximate surface area is 119 Å². The van der Waals surface area contributed by atoms with Crippen LogP contribution >= 0.6 is 11.3 Å². The van der Waals surface area contributed by atoms with E-state index in [2.05, 4.69) is 10.3 Å². The Hall–Kier alpha value is -1.73. The maximum absolute atomic E-state index is 11.2. The Kier molecular flexibility index (Phi) is 3.54. The van der Waals surface area contributed by atoms with E-state index in [9.17, 15) is 10.1 Å². The van der Waals surface area contributed by atoms with Gasteiger partial charge in [0.05, 0.1) is 20.1 Å². The van der Waals surface area contributed by atoms with Crippen molar-refractivity contribution in [1.82, 2.24) is 10.3 Å². The maximum atomic E-state index is 11.2. The SMILES string of the molecule is Cc1nc2cc(O[C@H]3CCCNC3)c([N+](=O)[O-])cc2s1. The summed E-state index contributed by atoms with van der Waals surface area (Å²) in [5, 5.41) is 15.3. The highest BCUT2D eigenvalue weighted by molar-refractivity contribution is 7.18. The van der Waals surface area contributed by atoms with Crippen molar-refractivity contribution >= 4 is 27.2 Å². The van der Waals surface area contributed by atoms with Crippen LogP contribution in [0.5, 0.6) is 5.75 Å². The van der Waals surface area contributed by atoms with E-state index in [1.807, 2.05) is 6.92 Å². The molecule has 0 aliphatic carbocycles. The molecule has 0 radical (unpaired) electrons. The van der Waals surface area contributed by atoms with Gasteiger partial charge in [-0.3, -0.25) is 10.1 Å². The van der Waals surface area contributed by atoms with Crippen LogP contribution < -0.4 is 10.1 Å². The molecule has 1 aromatic carbocycles. The fourth-order valence-corrected chi connectivity index (χ4v) is 3.24. The van der Waals surface area contributed by atoms with Crippen molar-refractivity contribution in [2.75, 3.05) is 13.1 Å². The minimum absolute atomic E-state index is 0.0142. The van der Waals surface area contributed by atoms with Gasteiger partial charge < -0.3 is 10.1 Å². The predicted molar refractivity (Wildman–Crippen MR) is 77.5 cm³/mol. The molecule has 0 unspecified atom stereocenters. The number of aryl methyl sites for hydroxylation is 1. The number of hydrogen-bond donors (Lipinski definition) is 1. The van der Waals surface area contributed by atoms with Gasteiger partial charge >= 0.3 is 5.69 Å². The lowest BCUT2D eigenvalue weighted by Crippen LogP contribution is -2.37. The summed E-state index contributed by atoms with van der Waals surface area (Å²) < 4.78 is 6.65. The number of nitro groups is 1. The third-order valence-corrected chi connectivity index (χ3v) is 4.25. The van der Waals surface area contributed by atoms with Crippen molar-refractivity contribution < 1.29 is 9.66 Å². The number of aromatic nitrogens is 1. The molecule has 1 aliphatic heterocycles.